The summed E-state index contributed by atoms with van der Waals surface area (Å²) < 4.78 is 6.87. The van der Waals surface area contributed by atoms with Crippen LogP contribution in [0, 0.1) is 3.57 Å². The van der Waals surface area contributed by atoms with Crippen molar-refractivity contribution in [1.29, 1.82) is 0 Å². The van der Waals surface area contributed by atoms with Gasteiger partial charge in [0, 0.05) is 28.8 Å². The molecular weight excluding hydrogens is 353 g/mol. The van der Waals surface area contributed by atoms with Gasteiger partial charge in [-0.2, -0.15) is 0 Å². The van der Waals surface area contributed by atoms with Crippen molar-refractivity contribution in [2.75, 3.05) is 19.7 Å². The minimum Gasteiger partial charge on any atom is -0.376 e. The summed E-state index contributed by atoms with van der Waals surface area (Å²) in [7, 11) is 0. The van der Waals surface area contributed by atoms with Gasteiger partial charge in [-0.3, -0.25) is 4.79 Å². The smallest absolute Gasteiger partial charge is 0.254 e. The normalized spacial score (nSPS) is 23.3. The van der Waals surface area contributed by atoms with Gasteiger partial charge in [-0.25, -0.2) is 0 Å². The summed E-state index contributed by atoms with van der Waals surface area (Å²) in [6.07, 6.45) is 4.67. The van der Waals surface area contributed by atoms with Gasteiger partial charge in [-0.1, -0.05) is 6.07 Å². The van der Waals surface area contributed by atoms with Crippen molar-refractivity contribution in [3.8, 4) is 0 Å². The number of rotatable bonds is 2. The third kappa shape index (κ3) is 2.94. The van der Waals surface area contributed by atoms with Crippen LogP contribution in [-0.4, -0.2) is 36.6 Å². The van der Waals surface area contributed by atoms with Gasteiger partial charge in [0.05, 0.1) is 6.10 Å². The van der Waals surface area contributed by atoms with Crippen LogP contribution in [0.2, 0.25) is 0 Å². The van der Waals surface area contributed by atoms with Crippen LogP contribution in [0.15, 0.2) is 18.2 Å². The number of carbonyl (C=O) groups excluding carboxylic acids is 1. The van der Waals surface area contributed by atoms with Crippen molar-refractivity contribution >= 4 is 28.5 Å². The number of ether oxygens (including phenoxy) is 1. The average Bonchev–Trinajstić information content (AvgIpc) is 2.44. The molecule has 0 spiro atoms. The SMILES string of the molecule is O=C1c2cc(I)ccc2CCN1CC1CCCCO1. The van der Waals surface area contributed by atoms with Crippen LogP contribution in [0.1, 0.15) is 35.2 Å². The number of amides is 1. The summed E-state index contributed by atoms with van der Waals surface area (Å²) in [6, 6.07) is 6.17. The number of hydrogen-bond donors (Lipinski definition) is 0. The van der Waals surface area contributed by atoms with Crippen LogP contribution in [0.3, 0.4) is 0 Å². The molecule has 1 aromatic carbocycles. The average molecular weight is 371 g/mol. The second-order valence-electron chi connectivity index (χ2n) is 5.29. The summed E-state index contributed by atoms with van der Waals surface area (Å²) in [4.78, 5) is 14.5. The Balaban J connectivity index is 1.73. The highest BCUT2D eigenvalue weighted by Crippen LogP contribution is 2.23. The van der Waals surface area contributed by atoms with E-state index in [-0.39, 0.29) is 12.0 Å². The van der Waals surface area contributed by atoms with Crippen LogP contribution in [0.4, 0.5) is 0 Å². The molecule has 3 rings (SSSR count). The number of nitrogens with zero attached hydrogens (tertiary/aromatic N) is 1. The quantitative estimate of drug-likeness (QED) is 0.749. The maximum atomic E-state index is 12.5. The predicted octanol–water partition coefficient (Wildman–Crippen LogP) is 2.86. The molecule has 0 radical (unpaired) electrons. The van der Waals surface area contributed by atoms with Crippen molar-refractivity contribution in [3.05, 3.63) is 32.9 Å². The second-order valence-corrected chi connectivity index (χ2v) is 6.54. The Bertz CT molecular complexity index is 483. The largest absolute Gasteiger partial charge is 0.376 e. The first-order chi connectivity index (χ1) is 9.24. The van der Waals surface area contributed by atoms with E-state index in [4.69, 9.17) is 4.74 Å². The van der Waals surface area contributed by atoms with E-state index in [1.807, 2.05) is 11.0 Å². The number of fused-ring (bicyclic) bond motifs is 1. The topological polar surface area (TPSA) is 29.5 Å². The van der Waals surface area contributed by atoms with Gasteiger partial charge in [0.1, 0.15) is 0 Å². The van der Waals surface area contributed by atoms with Gasteiger partial charge >= 0.3 is 0 Å². The molecule has 1 fully saturated rings. The molecule has 1 aromatic rings. The number of benzene rings is 1. The van der Waals surface area contributed by atoms with Crippen molar-refractivity contribution in [2.24, 2.45) is 0 Å². The van der Waals surface area contributed by atoms with E-state index in [0.717, 1.165) is 48.1 Å². The van der Waals surface area contributed by atoms with E-state index < -0.39 is 0 Å². The molecule has 2 heterocycles. The van der Waals surface area contributed by atoms with E-state index in [1.54, 1.807) is 0 Å². The second kappa shape index (κ2) is 5.79. The Labute approximate surface area is 127 Å². The molecule has 4 heteroatoms. The lowest BCUT2D eigenvalue weighted by molar-refractivity contribution is -0.00442. The molecule has 2 aliphatic heterocycles. The third-order valence-corrected chi connectivity index (χ3v) is 4.61. The minimum absolute atomic E-state index is 0.175. The molecule has 102 valence electrons. The van der Waals surface area contributed by atoms with Crippen LogP contribution in [0.25, 0.3) is 0 Å². The highest BCUT2D eigenvalue weighted by atomic mass is 127. The number of carbonyl (C=O) groups is 1. The summed E-state index contributed by atoms with van der Waals surface area (Å²) in [6.45, 7) is 2.43. The molecule has 0 aliphatic carbocycles. The summed E-state index contributed by atoms with van der Waals surface area (Å²) in [5, 5.41) is 0. The van der Waals surface area contributed by atoms with Gasteiger partial charge in [-0.05, 0) is 66.0 Å². The van der Waals surface area contributed by atoms with Crippen LogP contribution in [-0.2, 0) is 11.2 Å². The van der Waals surface area contributed by atoms with Crippen LogP contribution >= 0.6 is 22.6 Å². The maximum absolute atomic E-state index is 12.5. The molecule has 1 amide bonds. The summed E-state index contributed by atoms with van der Waals surface area (Å²) in [5.74, 6) is 0.175. The summed E-state index contributed by atoms with van der Waals surface area (Å²) >= 11 is 2.26. The van der Waals surface area contributed by atoms with E-state index in [2.05, 4.69) is 34.7 Å². The molecular formula is C15H18INO2. The van der Waals surface area contributed by atoms with Crippen LogP contribution in [0.5, 0.6) is 0 Å². The molecule has 1 unspecified atom stereocenters. The van der Waals surface area contributed by atoms with Gasteiger partial charge in [-0.15, -0.1) is 0 Å². The Morgan fingerprint density at radius 2 is 2.26 bits per heavy atom. The highest BCUT2D eigenvalue weighted by Gasteiger charge is 2.27. The van der Waals surface area contributed by atoms with Crippen LogP contribution < -0.4 is 0 Å². The van der Waals surface area contributed by atoms with E-state index in [9.17, 15) is 4.79 Å². The van der Waals surface area contributed by atoms with Gasteiger partial charge < -0.3 is 9.64 Å². The number of halogens is 1. The van der Waals surface area contributed by atoms with Crippen molar-refractivity contribution < 1.29 is 9.53 Å². The van der Waals surface area contributed by atoms with Crippen molar-refractivity contribution in [1.82, 2.24) is 4.90 Å². The standard InChI is InChI=1S/C15H18INO2/c16-12-5-4-11-6-7-17(15(18)14(11)9-12)10-13-3-1-2-8-19-13/h4-5,9,13H,1-3,6-8,10H2. The molecule has 0 N–H and O–H groups in total. The minimum atomic E-state index is 0.175. The zero-order valence-corrected chi connectivity index (χ0v) is 13.1. The fourth-order valence-electron chi connectivity index (χ4n) is 2.86. The van der Waals surface area contributed by atoms with Gasteiger partial charge in [0.25, 0.3) is 5.91 Å². The zero-order chi connectivity index (χ0) is 13.2. The van der Waals surface area contributed by atoms with Crippen molar-refractivity contribution in [2.45, 2.75) is 31.8 Å². The Morgan fingerprint density at radius 1 is 1.37 bits per heavy atom. The van der Waals surface area contributed by atoms with Gasteiger partial charge in [0.15, 0.2) is 0 Å². The third-order valence-electron chi connectivity index (χ3n) is 3.94. The lowest BCUT2D eigenvalue weighted by Crippen LogP contribution is -2.43. The Kier molecular flexibility index (Phi) is 4.07. The van der Waals surface area contributed by atoms with E-state index >= 15 is 0 Å². The Hall–Kier alpha value is -0.620. The predicted molar refractivity (Wildman–Crippen MR) is 82.4 cm³/mol. The summed E-state index contributed by atoms with van der Waals surface area (Å²) in [5.41, 5.74) is 2.07. The first kappa shape index (κ1) is 13.4. The fraction of sp³-hybridized carbons (Fsp3) is 0.533. The number of hydrogen-bond acceptors (Lipinski definition) is 2. The molecule has 0 saturated carbocycles. The monoisotopic (exact) mass is 371 g/mol. The van der Waals surface area contributed by atoms with E-state index in [0.29, 0.717) is 0 Å². The van der Waals surface area contributed by atoms with Crippen molar-refractivity contribution in [3.63, 3.8) is 0 Å². The lowest BCUT2D eigenvalue weighted by atomic mass is 9.98. The highest BCUT2D eigenvalue weighted by molar-refractivity contribution is 14.1. The first-order valence-electron chi connectivity index (χ1n) is 6.93. The first-order valence-corrected chi connectivity index (χ1v) is 8.01. The molecule has 19 heavy (non-hydrogen) atoms. The molecule has 1 atom stereocenters. The molecule has 0 bridgehead atoms. The molecule has 2 aliphatic rings. The fourth-order valence-corrected chi connectivity index (χ4v) is 3.36. The maximum Gasteiger partial charge on any atom is 0.254 e. The molecule has 3 nitrogen and oxygen atoms in total. The molecule has 0 aromatic heterocycles. The van der Waals surface area contributed by atoms with Gasteiger partial charge in [0.2, 0.25) is 0 Å². The van der Waals surface area contributed by atoms with E-state index in [1.165, 1.54) is 12.0 Å². The molecule has 1 saturated heterocycles. The Morgan fingerprint density at radius 3 is 3.05 bits per heavy atom. The zero-order valence-electron chi connectivity index (χ0n) is 10.9. The lowest BCUT2D eigenvalue weighted by Gasteiger charge is -2.33.